The van der Waals surface area contributed by atoms with Crippen LogP contribution in [0.2, 0.25) is 0 Å². The van der Waals surface area contributed by atoms with Crippen molar-refractivity contribution in [2.24, 2.45) is 0 Å². The Hall–Kier alpha value is -1.97. The van der Waals surface area contributed by atoms with Crippen LogP contribution in [0.25, 0.3) is 6.08 Å². The van der Waals surface area contributed by atoms with Crippen LogP contribution in [-0.2, 0) is 14.3 Å². The Morgan fingerprint density at radius 2 is 1.87 bits per heavy atom. The maximum absolute atomic E-state index is 10.9. The van der Waals surface area contributed by atoms with Crippen molar-refractivity contribution < 1.29 is 39.8 Å². The number of carboxylic acid groups (broad SMARTS) is 1. The normalized spacial score (nSPS) is 31.3. The molecule has 1 aromatic rings. The van der Waals surface area contributed by atoms with Crippen molar-refractivity contribution in [1.82, 2.24) is 0 Å². The third-order valence-corrected chi connectivity index (χ3v) is 3.40. The van der Waals surface area contributed by atoms with Gasteiger partial charge in [-0.2, -0.15) is 0 Å². The monoisotopic (exact) mass is 326 g/mol. The maximum Gasteiger partial charge on any atom is 0.335 e. The van der Waals surface area contributed by atoms with Gasteiger partial charge in [-0.1, -0.05) is 30.4 Å². The summed E-state index contributed by atoms with van der Waals surface area (Å²) in [5.74, 6) is -1.39. The summed E-state index contributed by atoms with van der Waals surface area (Å²) in [6.07, 6.45) is -5.03. The Kier molecular flexibility index (Phi) is 5.69. The van der Waals surface area contributed by atoms with Crippen molar-refractivity contribution in [2.75, 3.05) is 6.61 Å². The molecular formula is C15H18O8. The number of aliphatic hydroxyl groups excluding tert-OH is 3. The van der Waals surface area contributed by atoms with Crippen LogP contribution in [0, 0.1) is 0 Å². The molecule has 8 heteroatoms. The molecule has 2 rings (SSSR count). The highest BCUT2D eigenvalue weighted by molar-refractivity contribution is 5.73. The number of aliphatic carboxylic acids is 1. The number of benzene rings is 1. The smallest absolute Gasteiger partial charge is 0.335 e. The van der Waals surface area contributed by atoms with Gasteiger partial charge in [-0.3, -0.25) is 0 Å². The summed E-state index contributed by atoms with van der Waals surface area (Å²) in [4.78, 5) is 10.9. The lowest BCUT2D eigenvalue weighted by Crippen LogP contribution is -2.60. The predicted molar refractivity (Wildman–Crippen MR) is 77.4 cm³/mol. The lowest BCUT2D eigenvalue weighted by Gasteiger charge is -2.38. The van der Waals surface area contributed by atoms with Gasteiger partial charge in [0.15, 0.2) is 12.4 Å². The molecule has 1 heterocycles. The van der Waals surface area contributed by atoms with Gasteiger partial charge < -0.3 is 35.0 Å². The first kappa shape index (κ1) is 17.4. The van der Waals surface area contributed by atoms with Gasteiger partial charge in [0.1, 0.15) is 24.1 Å². The van der Waals surface area contributed by atoms with E-state index in [4.69, 9.17) is 14.6 Å². The second-order valence-electron chi connectivity index (χ2n) is 5.03. The molecule has 1 fully saturated rings. The average Bonchev–Trinajstić information content (AvgIpc) is 2.52. The number of phenols is 1. The van der Waals surface area contributed by atoms with Crippen LogP contribution in [-0.4, -0.2) is 68.8 Å². The number of ether oxygens (including phenoxy) is 2. The topological polar surface area (TPSA) is 137 Å². The van der Waals surface area contributed by atoms with E-state index in [2.05, 4.69) is 0 Å². The number of carboxylic acids is 1. The standard InChI is InChI=1S/C15H18O8/c16-9-6-2-1-4-8(9)5-3-7-22-15-12(19)10(17)11(18)13(23-15)14(20)21/h1-6,10-13,15-19H,7H2,(H,20,21)/t10-,11-,12+,13-,15+/m0/s1. The van der Waals surface area contributed by atoms with Gasteiger partial charge in [0, 0.05) is 5.56 Å². The first-order valence-corrected chi connectivity index (χ1v) is 6.90. The Morgan fingerprint density at radius 3 is 2.52 bits per heavy atom. The zero-order valence-electron chi connectivity index (χ0n) is 12.0. The fourth-order valence-electron chi connectivity index (χ4n) is 2.14. The third-order valence-electron chi connectivity index (χ3n) is 3.40. The van der Waals surface area contributed by atoms with E-state index in [1.165, 1.54) is 12.1 Å². The van der Waals surface area contributed by atoms with E-state index in [9.17, 15) is 25.2 Å². The highest BCUT2D eigenvalue weighted by Gasteiger charge is 2.47. The summed E-state index contributed by atoms with van der Waals surface area (Å²) in [7, 11) is 0. The van der Waals surface area contributed by atoms with E-state index >= 15 is 0 Å². The fourth-order valence-corrected chi connectivity index (χ4v) is 2.14. The number of phenolic OH excluding ortho intramolecular Hbond substituents is 1. The molecule has 5 atom stereocenters. The molecule has 5 N–H and O–H groups in total. The first-order chi connectivity index (χ1) is 10.9. The van der Waals surface area contributed by atoms with Gasteiger partial charge in [-0.05, 0) is 6.07 Å². The Morgan fingerprint density at radius 1 is 1.17 bits per heavy atom. The summed E-state index contributed by atoms with van der Waals surface area (Å²) in [5.41, 5.74) is 0.556. The van der Waals surface area contributed by atoms with Crippen molar-refractivity contribution >= 4 is 12.0 Å². The van der Waals surface area contributed by atoms with E-state index in [0.29, 0.717) is 5.56 Å². The second-order valence-corrected chi connectivity index (χ2v) is 5.03. The van der Waals surface area contributed by atoms with Crippen molar-refractivity contribution in [3.8, 4) is 5.75 Å². The molecule has 1 saturated heterocycles. The van der Waals surface area contributed by atoms with E-state index in [0.717, 1.165) is 0 Å². The molecule has 0 amide bonds. The lowest BCUT2D eigenvalue weighted by atomic mass is 9.99. The minimum Gasteiger partial charge on any atom is -0.507 e. The van der Waals surface area contributed by atoms with Crippen molar-refractivity contribution in [3.05, 3.63) is 35.9 Å². The third kappa shape index (κ3) is 4.06. The molecule has 0 saturated carbocycles. The largest absolute Gasteiger partial charge is 0.507 e. The van der Waals surface area contributed by atoms with Crippen molar-refractivity contribution in [1.29, 1.82) is 0 Å². The number of aromatic hydroxyl groups is 1. The van der Waals surface area contributed by atoms with Crippen LogP contribution in [0.1, 0.15) is 5.56 Å². The number of rotatable bonds is 5. The predicted octanol–water partition coefficient (Wildman–Crippen LogP) is -0.686. The van der Waals surface area contributed by atoms with Gasteiger partial charge in [0.25, 0.3) is 0 Å². The van der Waals surface area contributed by atoms with Gasteiger partial charge in [-0.25, -0.2) is 4.79 Å². The van der Waals surface area contributed by atoms with Crippen LogP contribution in [0.3, 0.4) is 0 Å². The molecular weight excluding hydrogens is 308 g/mol. The molecule has 0 spiro atoms. The molecule has 1 aliphatic rings. The molecule has 23 heavy (non-hydrogen) atoms. The second kappa shape index (κ2) is 7.53. The summed E-state index contributed by atoms with van der Waals surface area (Å²) in [5, 5.41) is 47.4. The summed E-state index contributed by atoms with van der Waals surface area (Å²) >= 11 is 0. The van der Waals surface area contributed by atoms with Crippen LogP contribution >= 0.6 is 0 Å². The number of para-hydroxylation sites is 1. The molecule has 0 aromatic heterocycles. The molecule has 0 unspecified atom stereocenters. The van der Waals surface area contributed by atoms with Gasteiger partial charge >= 0.3 is 5.97 Å². The van der Waals surface area contributed by atoms with E-state index < -0.39 is 36.7 Å². The summed E-state index contributed by atoms with van der Waals surface area (Å²) in [6.45, 7) is -0.0643. The summed E-state index contributed by atoms with van der Waals surface area (Å²) in [6, 6.07) is 6.61. The van der Waals surface area contributed by atoms with E-state index in [1.54, 1.807) is 24.3 Å². The van der Waals surface area contributed by atoms with Gasteiger partial charge in [0.2, 0.25) is 0 Å². The van der Waals surface area contributed by atoms with Gasteiger partial charge in [0.05, 0.1) is 6.61 Å². The highest BCUT2D eigenvalue weighted by Crippen LogP contribution is 2.22. The molecule has 1 aliphatic heterocycles. The molecule has 0 aliphatic carbocycles. The SMILES string of the molecule is O=C(O)[C@H]1O[C@@H](OCC=Cc2ccccc2O)[C@H](O)[C@@H](O)[C@@H]1O. The molecule has 126 valence electrons. The fraction of sp³-hybridized carbons (Fsp3) is 0.400. The minimum absolute atomic E-state index is 0.0643. The van der Waals surface area contributed by atoms with Crippen LogP contribution in [0.5, 0.6) is 5.75 Å². The zero-order chi connectivity index (χ0) is 17.0. The van der Waals surface area contributed by atoms with Crippen LogP contribution in [0.15, 0.2) is 30.3 Å². The Bertz CT molecular complexity index is 572. The quantitative estimate of drug-likeness (QED) is 0.480. The molecule has 8 nitrogen and oxygen atoms in total. The number of carbonyl (C=O) groups is 1. The van der Waals surface area contributed by atoms with Crippen molar-refractivity contribution in [3.63, 3.8) is 0 Å². The van der Waals surface area contributed by atoms with E-state index in [1.807, 2.05) is 0 Å². The maximum atomic E-state index is 10.9. The van der Waals surface area contributed by atoms with Crippen molar-refractivity contribution in [2.45, 2.75) is 30.7 Å². The zero-order valence-corrected chi connectivity index (χ0v) is 12.0. The number of hydrogen-bond donors (Lipinski definition) is 5. The van der Waals surface area contributed by atoms with Crippen LogP contribution in [0.4, 0.5) is 0 Å². The van der Waals surface area contributed by atoms with E-state index in [-0.39, 0.29) is 12.4 Å². The Balaban J connectivity index is 1.94. The molecule has 0 bridgehead atoms. The molecule has 1 aromatic carbocycles. The average molecular weight is 326 g/mol. The minimum atomic E-state index is -1.75. The van der Waals surface area contributed by atoms with Crippen LogP contribution < -0.4 is 0 Å². The molecule has 0 radical (unpaired) electrons. The number of hydrogen-bond acceptors (Lipinski definition) is 7. The van der Waals surface area contributed by atoms with Gasteiger partial charge in [-0.15, -0.1) is 0 Å². The first-order valence-electron chi connectivity index (χ1n) is 6.90. The summed E-state index contributed by atoms with van der Waals surface area (Å²) < 4.78 is 10.1. The lowest BCUT2D eigenvalue weighted by molar-refractivity contribution is -0.291. The highest BCUT2D eigenvalue weighted by atomic mass is 16.7. The Labute approximate surface area is 131 Å². The number of aliphatic hydroxyl groups is 3.